The summed E-state index contributed by atoms with van der Waals surface area (Å²) in [5.41, 5.74) is 4.71. The number of piperazine rings is 1. The molecule has 1 N–H and O–H groups in total. The lowest BCUT2D eigenvalue weighted by atomic mass is 10.0. The van der Waals surface area contributed by atoms with E-state index in [2.05, 4.69) is 44.5 Å². The Morgan fingerprint density at radius 2 is 1.88 bits per heavy atom. The molecule has 6 heteroatoms. The van der Waals surface area contributed by atoms with Crippen molar-refractivity contribution >= 4 is 11.6 Å². The van der Waals surface area contributed by atoms with Crippen LogP contribution in [0.4, 0.5) is 5.82 Å². The highest BCUT2D eigenvalue weighted by Gasteiger charge is 2.23. The molecule has 0 radical (unpaired) electrons. The van der Waals surface area contributed by atoms with Crippen molar-refractivity contribution in [3.8, 4) is 11.1 Å². The molecular formula is C27H25N5O. The van der Waals surface area contributed by atoms with E-state index in [4.69, 9.17) is 4.98 Å². The van der Waals surface area contributed by atoms with E-state index < -0.39 is 0 Å². The van der Waals surface area contributed by atoms with Crippen LogP contribution in [0.3, 0.4) is 0 Å². The fourth-order valence-corrected chi connectivity index (χ4v) is 4.18. The highest BCUT2D eigenvalue weighted by molar-refractivity contribution is 6.09. The highest BCUT2D eigenvalue weighted by atomic mass is 16.1. The zero-order valence-electron chi connectivity index (χ0n) is 18.5. The maximum absolute atomic E-state index is 13.4. The quantitative estimate of drug-likeness (QED) is 0.473. The van der Waals surface area contributed by atoms with Gasteiger partial charge in [0.05, 0.1) is 0 Å². The van der Waals surface area contributed by atoms with Gasteiger partial charge >= 0.3 is 0 Å². The van der Waals surface area contributed by atoms with Crippen LogP contribution in [0.2, 0.25) is 0 Å². The van der Waals surface area contributed by atoms with Crippen LogP contribution in [-0.2, 0) is 0 Å². The maximum Gasteiger partial charge on any atom is 0.213 e. The van der Waals surface area contributed by atoms with Gasteiger partial charge in [0.2, 0.25) is 5.78 Å². The molecular weight excluding hydrogens is 410 g/mol. The van der Waals surface area contributed by atoms with Crippen molar-refractivity contribution < 1.29 is 4.79 Å². The average Bonchev–Trinajstić information content (AvgIpc) is 2.90. The van der Waals surface area contributed by atoms with Crippen molar-refractivity contribution in [2.24, 2.45) is 0 Å². The second kappa shape index (κ2) is 9.30. The van der Waals surface area contributed by atoms with E-state index in [-0.39, 0.29) is 11.8 Å². The van der Waals surface area contributed by atoms with E-state index >= 15 is 0 Å². The molecule has 4 aromatic rings. The summed E-state index contributed by atoms with van der Waals surface area (Å²) in [6, 6.07) is 22.0. The van der Waals surface area contributed by atoms with Crippen molar-refractivity contribution in [2.75, 3.05) is 24.5 Å². The Hall–Kier alpha value is -3.90. The predicted octanol–water partition coefficient (Wildman–Crippen LogP) is 4.23. The molecule has 1 aromatic carbocycles. The van der Waals surface area contributed by atoms with Crippen molar-refractivity contribution in [3.63, 3.8) is 0 Å². The molecule has 164 valence electrons. The second-order valence-electron chi connectivity index (χ2n) is 8.17. The molecule has 3 aromatic heterocycles. The normalized spacial score (nSPS) is 15.9. The van der Waals surface area contributed by atoms with Crippen LogP contribution in [0.15, 0.2) is 85.3 Å². The zero-order chi connectivity index (χ0) is 22.6. The molecule has 6 nitrogen and oxygen atoms in total. The van der Waals surface area contributed by atoms with Gasteiger partial charge in [-0.1, -0.05) is 42.5 Å². The number of rotatable bonds is 5. The molecule has 0 amide bonds. The van der Waals surface area contributed by atoms with E-state index in [0.29, 0.717) is 17.0 Å². The Labute approximate surface area is 193 Å². The first-order valence-corrected chi connectivity index (χ1v) is 11.1. The standard InChI is InChI=1S/C27H25N5O/c1-19-23(15-22(17-30-19)21-9-6-12-28-16-21)27(33)24-10-5-11-26(31-24)32-14-13-29-25(18-32)20-7-3-2-4-8-20/h2-12,15-17,25,29H,13-14,18H2,1H3. The molecule has 1 aliphatic rings. The SMILES string of the molecule is Cc1ncc(-c2cccnc2)cc1C(=O)c1cccc(N2CCNC(c3ccccc3)C2)n1. The van der Waals surface area contributed by atoms with Crippen LogP contribution in [0, 0.1) is 6.92 Å². The van der Waals surface area contributed by atoms with Gasteiger partial charge in [-0.2, -0.15) is 0 Å². The number of aryl methyl sites for hydroxylation is 1. The monoisotopic (exact) mass is 435 g/mol. The minimum atomic E-state index is -0.123. The van der Waals surface area contributed by atoms with E-state index in [1.54, 1.807) is 24.7 Å². The summed E-state index contributed by atoms with van der Waals surface area (Å²) in [4.78, 5) is 29.0. The molecule has 1 unspecified atom stereocenters. The number of pyridine rings is 3. The third-order valence-electron chi connectivity index (χ3n) is 5.99. The lowest BCUT2D eigenvalue weighted by Gasteiger charge is -2.35. The number of nitrogens with zero attached hydrogens (tertiary/aromatic N) is 4. The molecule has 1 saturated heterocycles. The number of anilines is 1. The highest BCUT2D eigenvalue weighted by Crippen LogP contribution is 2.24. The van der Waals surface area contributed by atoms with Gasteiger partial charge < -0.3 is 10.2 Å². The number of carbonyl (C=O) groups excluding carboxylic acids is 1. The van der Waals surface area contributed by atoms with Gasteiger partial charge in [0, 0.05) is 66.7 Å². The Morgan fingerprint density at radius 1 is 1.00 bits per heavy atom. The molecule has 0 saturated carbocycles. The molecule has 1 fully saturated rings. The lowest BCUT2D eigenvalue weighted by molar-refractivity contribution is 0.103. The number of hydrogen-bond acceptors (Lipinski definition) is 6. The van der Waals surface area contributed by atoms with Crippen molar-refractivity contribution in [1.29, 1.82) is 0 Å². The Balaban J connectivity index is 1.41. The molecule has 0 bridgehead atoms. The molecule has 0 spiro atoms. The summed E-state index contributed by atoms with van der Waals surface area (Å²) >= 11 is 0. The number of carbonyl (C=O) groups is 1. The van der Waals surface area contributed by atoms with E-state index in [0.717, 1.165) is 36.6 Å². The number of ketones is 1. The molecule has 5 rings (SSSR count). The maximum atomic E-state index is 13.4. The Kier molecular flexibility index (Phi) is 5.91. The molecule has 0 aliphatic carbocycles. The number of hydrogen-bond donors (Lipinski definition) is 1. The van der Waals surface area contributed by atoms with E-state index in [1.165, 1.54) is 5.56 Å². The van der Waals surface area contributed by atoms with Crippen LogP contribution in [0.1, 0.15) is 33.4 Å². The first-order valence-electron chi connectivity index (χ1n) is 11.1. The molecule has 1 atom stereocenters. The van der Waals surface area contributed by atoms with E-state index in [9.17, 15) is 4.79 Å². The summed E-state index contributed by atoms with van der Waals surface area (Å²) < 4.78 is 0. The number of nitrogens with one attached hydrogen (secondary N) is 1. The van der Waals surface area contributed by atoms with Gasteiger partial charge in [-0.15, -0.1) is 0 Å². The van der Waals surface area contributed by atoms with Crippen molar-refractivity contribution in [2.45, 2.75) is 13.0 Å². The predicted molar refractivity (Wildman–Crippen MR) is 129 cm³/mol. The van der Waals surface area contributed by atoms with Crippen LogP contribution in [-0.4, -0.2) is 40.4 Å². The summed E-state index contributed by atoms with van der Waals surface area (Å²) in [5, 5.41) is 3.58. The van der Waals surface area contributed by atoms with Gasteiger partial charge in [-0.25, -0.2) is 4.98 Å². The van der Waals surface area contributed by atoms with Gasteiger partial charge in [-0.05, 0) is 36.8 Å². The van der Waals surface area contributed by atoms with Gasteiger partial charge in [0.25, 0.3) is 0 Å². The Bertz CT molecular complexity index is 1260. The van der Waals surface area contributed by atoms with Gasteiger partial charge in [0.15, 0.2) is 0 Å². The zero-order valence-corrected chi connectivity index (χ0v) is 18.5. The van der Waals surface area contributed by atoms with Gasteiger partial charge in [0.1, 0.15) is 11.5 Å². The topological polar surface area (TPSA) is 71.0 Å². The molecule has 4 heterocycles. The van der Waals surface area contributed by atoms with Gasteiger partial charge in [-0.3, -0.25) is 14.8 Å². The van der Waals surface area contributed by atoms with Crippen LogP contribution < -0.4 is 10.2 Å². The Morgan fingerprint density at radius 3 is 2.70 bits per heavy atom. The van der Waals surface area contributed by atoms with Crippen LogP contribution in [0.25, 0.3) is 11.1 Å². The smallest absolute Gasteiger partial charge is 0.213 e. The second-order valence-corrected chi connectivity index (χ2v) is 8.17. The summed E-state index contributed by atoms with van der Waals surface area (Å²) in [5.74, 6) is 0.694. The summed E-state index contributed by atoms with van der Waals surface area (Å²) in [6.45, 7) is 4.34. The summed E-state index contributed by atoms with van der Waals surface area (Å²) in [7, 11) is 0. The average molecular weight is 436 g/mol. The third kappa shape index (κ3) is 4.52. The minimum Gasteiger partial charge on any atom is -0.353 e. The number of benzene rings is 1. The van der Waals surface area contributed by atoms with E-state index in [1.807, 2.05) is 43.3 Å². The fourth-order valence-electron chi connectivity index (χ4n) is 4.18. The van der Waals surface area contributed by atoms with Crippen LogP contribution >= 0.6 is 0 Å². The molecule has 33 heavy (non-hydrogen) atoms. The number of aromatic nitrogens is 3. The van der Waals surface area contributed by atoms with Crippen LogP contribution in [0.5, 0.6) is 0 Å². The third-order valence-corrected chi connectivity index (χ3v) is 5.99. The molecule has 1 aliphatic heterocycles. The fraction of sp³-hybridized carbons (Fsp3) is 0.185. The summed E-state index contributed by atoms with van der Waals surface area (Å²) in [6.07, 6.45) is 5.27. The first-order chi connectivity index (χ1) is 16.2. The lowest BCUT2D eigenvalue weighted by Crippen LogP contribution is -2.46. The largest absolute Gasteiger partial charge is 0.353 e. The van der Waals surface area contributed by atoms with Crippen molar-refractivity contribution in [3.05, 3.63) is 108 Å². The first kappa shape index (κ1) is 21.0. The van der Waals surface area contributed by atoms with Crippen molar-refractivity contribution in [1.82, 2.24) is 20.3 Å². The minimum absolute atomic E-state index is 0.123.